The Morgan fingerprint density at radius 2 is 2.06 bits per heavy atom. The van der Waals surface area contributed by atoms with Gasteiger partial charge in [0.15, 0.2) is 0 Å². The van der Waals surface area contributed by atoms with Crippen LogP contribution in [0.5, 0.6) is 0 Å². The van der Waals surface area contributed by atoms with Gasteiger partial charge >= 0.3 is 5.97 Å². The lowest BCUT2D eigenvalue weighted by atomic mass is 9.62. The zero-order valence-corrected chi connectivity index (χ0v) is 9.12. The van der Waals surface area contributed by atoms with Gasteiger partial charge in [0, 0.05) is 24.8 Å². The third kappa shape index (κ3) is 2.02. The van der Waals surface area contributed by atoms with Crippen molar-refractivity contribution in [2.24, 2.45) is 5.73 Å². The van der Waals surface area contributed by atoms with Gasteiger partial charge < -0.3 is 10.8 Å². The second-order valence-electron chi connectivity index (χ2n) is 4.58. The van der Waals surface area contributed by atoms with Crippen LogP contribution >= 0.6 is 0 Å². The van der Waals surface area contributed by atoms with Crippen molar-refractivity contribution in [1.82, 2.24) is 0 Å². The van der Waals surface area contributed by atoms with E-state index in [9.17, 15) is 13.6 Å². The second-order valence-corrected chi connectivity index (χ2v) is 4.58. The summed E-state index contributed by atoms with van der Waals surface area (Å²) in [4.78, 5) is 10.8. The van der Waals surface area contributed by atoms with Gasteiger partial charge in [-0.1, -0.05) is 12.1 Å². The van der Waals surface area contributed by atoms with Gasteiger partial charge in [-0.25, -0.2) is 13.6 Å². The Bertz CT molecular complexity index is 452. The van der Waals surface area contributed by atoms with Crippen LogP contribution in [0.15, 0.2) is 24.3 Å². The number of halogens is 2. The quantitative estimate of drug-likeness (QED) is 0.850. The predicted molar refractivity (Wildman–Crippen MR) is 58.3 cm³/mol. The minimum absolute atomic E-state index is 0.102. The Morgan fingerprint density at radius 3 is 2.53 bits per heavy atom. The fraction of sp³-hybridized carbons (Fsp3) is 0.417. The SMILES string of the molecule is NCC1(c2cccc(C(=O)O)c2)CC(F)(F)C1. The average Bonchev–Trinajstić information content (AvgIpc) is 2.25. The maximum Gasteiger partial charge on any atom is 0.335 e. The van der Waals surface area contributed by atoms with Crippen LogP contribution in [0.1, 0.15) is 28.8 Å². The summed E-state index contributed by atoms with van der Waals surface area (Å²) in [6.45, 7) is 0.103. The Labute approximate surface area is 97.2 Å². The number of alkyl halides is 2. The Hall–Kier alpha value is -1.49. The normalized spacial score (nSPS) is 20.6. The minimum atomic E-state index is -2.68. The molecule has 1 fully saturated rings. The van der Waals surface area contributed by atoms with E-state index in [0.29, 0.717) is 5.56 Å². The van der Waals surface area contributed by atoms with E-state index in [2.05, 4.69) is 0 Å². The zero-order valence-electron chi connectivity index (χ0n) is 9.12. The summed E-state index contributed by atoms with van der Waals surface area (Å²) in [7, 11) is 0. The average molecular weight is 241 g/mol. The smallest absolute Gasteiger partial charge is 0.335 e. The number of hydrogen-bond donors (Lipinski definition) is 2. The molecular weight excluding hydrogens is 228 g/mol. The molecule has 0 radical (unpaired) electrons. The van der Waals surface area contributed by atoms with Crippen molar-refractivity contribution in [3.8, 4) is 0 Å². The van der Waals surface area contributed by atoms with Gasteiger partial charge in [0.25, 0.3) is 0 Å². The topological polar surface area (TPSA) is 63.3 Å². The summed E-state index contributed by atoms with van der Waals surface area (Å²) in [6.07, 6.45) is -0.612. The third-order valence-electron chi connectivity index (χ3n) is 3.31. The van der Waals surface area contributed by atoms with Crippen molar-refractivity contribution in [3.05, 3.63) is 35.4 Å². The molecule has 0 amide bonds. The van der Waals surface area contributed by atoms with E-state index < -0.39 is 17.3 Å². The minimum Gasteiger partial charge on any atom is -0.478 e. The van der Waals surface area contributed by atoms with Gasteiger partial charge in [-0.2, -0.15) is 0 Å². The van der Waals surface area contributed by atoms with E-state index in [1.165, 1.54) is 12.1 Å². The molecule has 0 aromatic heterocycles. The van der Waals surface area contributed by atoms with Crippen LogP contribution in [0.4, 0.5) is 8.78 Å². The number of carboxylic acids is 1. The molecule has 2 rings (SSSR count). The Kier molecular flexibility index (Phi) is 2.66. The summed E-state index contributed by atoms with van der Waals surface area (Å²) in [5, 5.41) is 8.86. The van der Waals surface area contributed by atoms with Crippen molar-refractivity contribution in [3.63, 3.8) is 0 Å². The maximum atomic E-state index is 13.0. The van der Waals surface area contributed by atoms with Crippen LogP contribution in [-0.4, -0.2) is 23.5 Å². The Balaban J connectivity index is 2.33. The van der Waals surface area contributed by atoms with Gasteiger partial charge in [-0.3, -0.25) is 0 Å². The van der Waals surface area contributed by atoms with Gasteiger partial charge in [-0.05, 0) is 17.7 Å². The first-order valence-electron chi connectivity index (χ1n) is 5.30. The van der Waals surface area contributed by atoms with Crippen LogP contribution in [0, 0.1) is 0 Å². The van der Waals surface area contributed by atoms with Crippen molar-refractivity contribution >= 4 is 5.97 Å². The van der Waals surface area contributed by atoms with Gasteiger partial charge in [0.2, 0.25) is 5.92 Å². The van der Waals surface area contributed by atoms with Crippen LogP contribution < -0.4 is 5.73 Å². The van der Waals surface area contributed by atoms with Crippen LogP contribution in [0.25, 0.3) is 0 Å². The van der Waals surface area contributed by atoms with E-state index in [-0.39, 0.29) is 24.9 Å². The molecule has 0 atom stereocenters. The predicted octanol–water partition coefficient (Wildman–Crippen LogP) is 2.01. The van der Waals surface area contributed by atoms with Crippen LogP contribution in [-0.2, 0) is 5.41 Å². The van der Waals surface area contributed by atoms with Crippen molar-refractivity contribution in [2.75, 3.05) is 6.54 Å². The maximum absolute atomic E-state index is 13.0. The fourth-order valence-corrected chi connectivity index (χ4v) is 2.39. The molecule has 17 heavy (non-hydrogen) atoms. The molecule has 1 aliphatic rings. The van der Waals surface area contributed by atoms with Gasteiger partial charge in [0.05, 0.1) is 5.56 Å². The van der Waals surface area contributed by atoms with Crippen molar-refractivity contribution in [1.29, 1.82) is 0 Å². The molecular formula is C12H13F2NO2. The fourth-order valence-electron chi connectivity index (χ4n) is 2.39. The summed E-state index contributed by atoms with van der Waals surface area (Å²) < 4.78 is 26.0. The number of carboxylic acid groups (broad SMARTS) is 1. The molecule has 92 valence electrons. The van der Waals surface area contributed by atoms with Crippen molar-refractivity contribution < 1.29 is 18.7 Å². The van der Waals surface area contributed by atoms with E-state index in [1.54, 1.807) is 12.1 Å². The Morgan fingerprint density at radius 1 is 1.41 bits per heavy atom. The third-order valence-corrected chi connectivity index (χ3v) is 3.31. The second kappa shape index (κ2) is 3.77. The standard InChI is InChI=1S/C12H13F2NO2/c13-12(14)5-11(6-12,7-15)9-3-1-2-8(4-9)10(16)17/h1-4H,5-7,15H2,(H,16,17). The highest BCUT2D eigenvalue weighted by atomic mass is 19.3. The number of nitrogens with two attached hydrogens (primary N) is 1. The lowest BCUT2D eigenvalue weighted by Crippen LogP contribution is -2.53. The first kappa shape index (κ1) is 12.0. The van der Waals surface area contributed by atoms with Gasteiger partial charge in [0.1, 0.15) is 0 Å². The largest absolute Gasteiger partial charge is 0.478 e. The van der Waals surface area contributed by atoms with Crippen LogP contribution in [0.2, 0.25) is 0 Å². The zero-order chi connectivity index (χ0) is 12.7. The van der Waals surface area contributed by atoms with Crippen molar-refractivity contribution in [2.45, 2.75) is 24.2 Å². The van der Waals surface area contributed by atoms with Crippen LogP contribution in [0.3, 0.4) is 0 Å². The first-order valence-corrected chi connectivity index (χ1v) is 5.30. The molecule has 0 saturated heterocycles. The highest BCUT2D eigenvalue weighted by Crippen LogP contribution is 2.52. The highest BCUT2D eigenvalue weighted by molar-refractivity contribution is 5.87. The highest BCUT2D eigenvalue weighted by Gasteiger charge is 2.56. The van der Waals surface area contributed by atoms with Gasteiger partial charge in [-0.15, -0.1) is 0 Å². The molecule has 3 N–H and O–H groups in total. The summed E-state index contributed by atoms with van der Waals surface area (Å²) >= 11 is 0. The number of benzene rings is 1. The van der Waals surface area contributed by atoms with E-state index in [1.807, 2.05) is 0 Å². The monoisotopic (exact) mass is 241 g/mol. The molecule has 1 aliphatic carbocycles. The summed E-state index contributed by atoms with van der Waals surface area (Å²) in [5.41, 5.74) is 5.49. The molecule has 0 unspecified atom stereocenters. The lowest BCUT2D eigenvalue weighted by Gasteiger charge is -2.47. The number of aromatic carboxylic acids is 1. The molecule has 5 heteroatoms. The lowest BCUT2D eigenvalue weighted by molar-refractivity contribution is -0.123. The molecule has 1 aromatic carbocycles. The molecule has 0 aliphatic heterocycles. The number of carbonyl (C=O) groups is 1. The number of rotatable bonds is 3. The van der Waals surface area contributed by atoms with E-state index in [0.717, 1.165) is 0 Å². The molecule has 1 aromatic rings. The summed E-state index contributed by atoms with van der Waals surface area (Å²) in [6, 6.07) is 6.10. The first-order chi connectivity index (χ1) is 7.88. The molecule has 1 saturated carbocycles. The molecule has 3 nitrogen and oxygen atoms in total. The van der Waals surface area contributed by atoms with E-state index in [4.69, 9.17) is 10.8 Å². The van der Waals surface area contributed by atoms with E-state index >= 15 is 0 Å². The molecule has 0 spiro atoms. The number of hydrogen-bond acceptors (Lipinski definition) is 2. The molecule has 0 heterocycles. The molecule has 0 bridgehead atoms. The summed E-state index contributed by atoms with van der Waals surface area (Å²) in [5.74, 6) is -3.75.